The highest BCUT2D eigenvalue weighted by Crippen LogP contribution is 2.35. The fourth-order valence-corrected chi connectivity index (χ4v) is 2.90. The normalized spacial score (nSPS) is 19.3. The molecule has 2 rings (SSSR count). The van der Waals surface area contributed by atoms with Crippen LogP contribution in [0, 0.1) is 5.92 Å². The number of nitrogens with zero attached hydrogens (tertiary/aromatic N) is 2. The number of alkyl halides is 2. The maximum absolute atomic E-state index is 13.0. The Morgan fingerprint density at radius 2 is 2.16 bits per heavy atom. The van der Waals surface area contributed by atoms with E-state index in [1.807, 2.05) is 6.92 Å². The first-order chi connectivity index (χ1) is 9.02. The van der Waals surface area contributed by atoms with Gasteiger partial charge in [0.05, 0.1) is 5.69 Å². The molecule has 0 bridgehead atoms. The van der Waals surface area contributed by atoms with Crippen molar-refractivity contribution >= 4 is 17.4 Å². The predicted octanol–water partition coefficient (Wildman–Crippen LogP) is 2.66. The lowest BCUT2D eigenvalue weighted by Gasteiger charge is -2.28. The molecule has 4 nitrogen and oxygen atoms in total. The summed E-state index contributed by atoms with van der Waals surface area (Å²) in [6.07, 6.45) is 1.45. The van der Waals surface area contributed by atoms with Crippen LogP contribution in [-0.2, 0) is 6.42 Å². The molecule has 1 fully saturated rings. The van der Waals surface area contributed by atoms with Gasteiger partial charge in [0.25, 0.3) is 5.91 Å². The van der Waals surface area contributed by atoms with Gasteiger partial charge in [0, 0.05) is 19.4 Å². The second-order valence-corrected chi connectivity index (χ2v) is 5.67. The van der Waals surface area contributed by atoms with Gasteiger partial charge in [0.2, 0.25) is 5.92 Å². The molecule has 0 aliphatic heterocycles. The van der Waals surface area contributed by atoms with E-state index in [0.29, 0.717) is 36.4 Å². The van der Waals surface area contributed by atoms with Gasteiger partial charge in [-0.05, 0) is 36.7 Å². The van der Waals surface area contributed by atoms with Gasteiger partial charge in [-0.1, -0.05) is 11.4 Å². The number of nitrogens with one attached hydrogen (secondary N) is 1. The standard InChI is InChI=1S/C12H17F2N3OS/c1-2-9-10(19-17-16-9)11(18)15-7-8-3-5-12(13,14)6-4-8/h8H,2-7H2,1H3,(H,15,18). The third kappa shape index (κ3) is 3.68. The first-order valence-corrected chi connectivity index (χ1v) is 7.26. The summed E-state index contributed by atoms with van der Waals surface area (Å²) in [5.74, 6) is -2.56. The molecule has 1 aliphatic rings. The van der Waals surface area contributed by atoms with Crippen LogP contribution in [0.25, 0.3) is 0 Å². The van der Waals surface area contributed by atoms with Crippen LogP contribution >= 0.6 is 11.5 Å². The van der Waals surface area contributed by atoms with Crippen LogP contribution in [0.1, 0.15) is 48.0 Å². The summed E-state index contributed by atoms with van der Waals surface area (Å²) in [4.78, 5) is 12.5. The Hall–Kier alpha value is -1.11. The van der Waals surface area contributed by atoms with Crippen molar-refractivity contribution < 1.29 is 13.6 Å². The molecule has 106 valence electrons. The SMILES string of the molecule is CCc1nnsc1C(=O)NCC1CCC(F)(F)CC1. The van der Waals surface area contributed by atoms with Crippen LogP contribution in [0.2, 0.25) is 0 Å². The van der Waals surface area contributed by atoms with Gasteiger partial charge >= 0.3 is 0 Å². The van der Waals surface area contributed by atoms with Crippen LogP contribution < -0.4 is 5.32 Å². The van der Waals surface area contributed by atoms with Gasteiger partial charge in [-0.3, -0.25) is 4.79 Å². The van der Waals surface area contributed by atoms with Crippen molar-refractivity contribution in [2.45, 2.75) is 45.0 Å². The van der Waals surface area contributed by atoms with Crippen LogP contribution in [0.3, 0.4) is 0 Å². The quantitative estimate of drug-likeness (QED) is 0.927. The van der Waals surface area contributed by atoms with Crippen molar-refractivity contribution in [3.05, 3.63) is 10.6 Å². The Balaban J connectivity index is 1.81. The lowest BCUT2D eigenvalue weighted by Crippen LogP contribution is -2.33. The number of aryl methyl sites for hydroxylation is 1. The molecule has 1 N–H and O–H groups in total. The van der Waals surface area contributed by atoms with Gasteiger partial charge in [-0.2, -0.15) is 0 Å². The minimum Gasteiger partial charge on any atom is -0.351 e. The van der Waals surface area contributed by atoms with E-state index in [-0.39, 0.29) is 24.7 Å². The van der Waals surface area contributed by atoms with E-state index in [0.717, 1.165) is 11.5 Å². The molecule has 0 saturated heterocycles. The number of carbonyl (C=O) groups excluding carboxylic acids is 1. The molecule has 1 heterocycles. The van der Waals surface area contributed by atoms with E-state index in [4.69, 9.17) is 0 Å². The molecule has 1 aromatic rings. The number of hydrogen-bond donors (Lipinski definition) is 1. The van der Waals surface area contributed by atoms with Gasteiger partial charge in [-0.15, -0.1) is 5.10 Å². The predicted molar refractivity (Wildman–Crippen MR) is 68.5 cm³/mol. The number of halogens is 2. The molecule has 1 amide bonds. The summed E-state index contributed by atoms with van der Waals surface area (Å²) >= 11 is 1.08. The van der Waals surface area contributed by atoms with Crippen LogP contribution in [-0.4, -0.2) is 28.0 Å². The average Bonchev–Trinajstić information content (AvgIpc) is 2.85. The monoisotopic (exact) mass is 289 g/mol. The highest BCUT2D eigenvalue weighted by molar-refractivity contribution is 7.08. The molecule has 1 aromatic heterocycles. The number of hydrogen-bond acceptors (Lipinski definition) is 4. The van der Waals surface area contributed by atoms with Gasteiger partial charge in [0.1, 0.15) is 4.88 Å². The summed E-state index contributed by atoms with van der Waals surface area (Å²) in [5.41, 5.74) is 0.692. The third-order valence-corrected chi connectivity index (χ3v) is 4.25. The Bertz CT molecular complexity index is 440. The van der Waals surface area contributed by atoms with E-state index < -0.39 is 5.92 Å². The summed E-state index contributed by atoms with van der Waals surface area (Å²) in [6.45, 7) is 2.37. The zero-order chi connectivity index (χ0) is 13.9. The van der Waals surface area contributed by atoms with Crippen LogP contribution in [0.5, 0.6) is 0 Å². The minimum atomic E-state index is -2.52. The smallest absolute Gasteiger partial charge is 0.264 e. The summed E-state index contributed by atoms with van der Waals surface area (Å²) in [6, 6.07) is 0. The zero-order valence-corrected chi connectivity index (χ0v) is 11.6. The Labute approximate surface area is 114 Å². The number of amides is 1. The lowest BCUT2D eigenvalue weighted by atomic mass is 9.87. The Morgan fingerprint density at radius 3 is 2.79 bits per heavy atom. The third-order valence-electron chi connectivity index (χ3n) is 3.48. The second kappa shape index (κ2) is 5.90. The van der Waals surface area contributed by atoms with Crippen LogP contribution in [0.15, 0.2) is 0 Å². The zero-order valence-electron chi connectivity index (χ0n) is 10.8. The Morgan fingerprint density at radius 1 is 1.47 bits per heavy atom. The molecular formula is C12H17F2N3OS. The summed E-state index contributed by atoms with van der Waals surface area (Å²) in [5, 5.41) is 6.68. The van der Waals surface area contributed by atoms with Crippen LogP contribution in [0.4, 0.5) is 8.78 Å². The fourth-order valence-electron chi connectivity index (χ4n) is 2.23. The molecule has 0 radical (unpaired) electrons. The summed E-state index contributed by atoms with van der Waals surface area (Å²) < 4.78 is 29.8. The van der Waals surface area contributed by atoms with Crippen molar-refractivity contribution in [2.24, 2.45) is 5.92 Å². The minimum absolute atomic E-state index is 0.0736. The molecule has 1 saturated carbocycles. The molecule has 0 spiro atoms. The van der Waals surface area contributed by atoms with Crippen molar-refractivity contribution in [3.63, 3.8) is 0 Å². The van der Waals surface area contributed by atoms with E-state index in [1.165, 1.54) is 0 Å². The highest BCUT2D eigenvalue weighted by atomic mass is 32.1. The molecule has 0 atom stereocenters. The fraction of sp³-hybridized carbons (Fsp3) is 0.750. The van der Waals surface area contributed by atoms with Crippen molar-refractivity contribution in [1.82, 2.24) is 14.9 Å². The van der Waals surface area contributed by atoms with E-state index in [9.17, 15) is 13.6 Å². The van der Waals surface area contributed by atoms with Crippen molar-refractivity contribution in [2.75, 3.05) is 6.54 Å². The second-order valence-electron chi connectivity index (χ2n) is 4.91. The van der Waals surface area contributed by atoms with Gasteiger partial charge in [0.15, 0.2) is 0 Å². The number of aromatic nitrogens is 2. The average molecular weight is 289 g/mol. The molecule has 7 heteroatoms. The molecule has 0 unspecified atom stereocenters. The molecular weight excluding hydrogens is 272 g/mol. The van der Waals surface area contributed by atoms with Crippen molar-refractivity contribution in [1.29, 1.82) is 0 Å². The molecule has 19 heavy (non-hydrogen) atoms. The number of rotatable bonds is 4. The molecule has 0 aromatic carbocycles. The Kier molecular flexibility index (Phi) is 4.44. The first kappa shape index (κ1) is 14.3. The summed E-state index contributed by atoms with van der Waals surface area (Å²) in [7, 11) is 0. The number of carbonyl (C=O) groups is 1. The van der Waals surface area contributed by atoms with E-state index >= 15 is 0 Å². The van der Waals surface area contributed by atoms with Crippen molar-refractivity contribution in [3.8, 4) is 0 Å². The van der Waals surface area contributed by atoms with E-state index in [1.54, 1.807) is 0 Å². The molecule has 1 aliphatic carbocycles. The van der Waals surface area contributed by atoms with Gasteiger partial charge < -0.3 is 5.32 Å². The maximum Gasteiger partial charge on any atom is 0.264 e. The maximum atomic E-state index is 13.0. The van der Waals surface area contributed by atoms with E-state index in [2.05, 4.69) is 14.9 Å². The largest absolute Gasteiger partial charge is 0.351 e. The topological polar surface area (TPSA) is 54.9 Å². The lowest BCUT2D eigenvalue weighted by molar-refractivity contribution is -0.0452. The van der Waals surface area contributed by atoms with Gasteiger partial charge in [-0.25, -0.2) is 8.78 Å². The first-order valence-electron chi connectivity index (χ1n) is 6.49. The highest BCUT2D eigenvalue weighted by Gasteiger charge is 2.34.